The molecule has 1 saturated heterocycles. The molecule has 0 spiro atoms. The lowest BCUT2D eigenvalue weighted by Crippen LogP contribution is -2.47. The smallest absolute Gasteiger partial charge is 0.255 e. The van der Waals surface area contributed by atoms with Gasteiger partial charge in [0.25, 0.3) is 5.91 Å². The lowest BCUT2D eigenvalue weighted by Gasteiger charge is -2.38. The monoisotopic (exact) mass is 290 g/mol. The van der Waals surface area contributed by atoms with E-state index in [9.17, 15) is 4.79 Å². The molecule has 0 aromatic carbocycles. The Bertz CT molecular complexity index is 575. The van der Waals surface area contributed by atoms with Crippen LogP contribution in [0.25, 0.3) is 0 Å². The molecule has 6 nitrogen and oxygen atoms in total. The van der Waals surface area contributed by atoms with Gasteiger partial charge < -0.3 is 15.8 Å². The van der Waals surface area contributed by atoms with Crippen LogP contribution < -0.4 is 5.73 Å². The number of carbonyl (C=O) groups is 1. The van der Waals surface area contributed by atoms with E-state index in [1.165, 1.54) is 0 Å². The molecule has 114 valence electrons. The van der Waals surface area contributed by atoms with Gasteiger partial charge in [-0.05, 0) is 38.8 Å². The maximum atomic E-state index is 12.6. The number of likely N-dealkylation sites (tertiary alicyclic amines) is 1. The van der Waals surface area contributed by atoms with Gasteiger partial charge >= 0.3 is 0 Å². The molecule has 1 aliphatic rings. The van der Waals surface area contributed by atoms with E-state index < -0.39 is 0 Å². The predicted molar refractivity (Wildman–Crippen MR) is 80.4 cm³/mol. The summed E-state index contributed by atoms with van der Waals surface area (Å²) in [6, 6.07) is 3.68. The largest absolute Gasteiger partial charge is 0.409 e. The standard InChI is InChI=1S/C15H22N4O2/c1-10-4-5-12(11(2)17-10)13(20)19-8-6-15(3,7-9-19)14(16)18-21/h4-5,21H,6-9H2,1-3H3,(H2,16,18). The van der Waals surface area contributed by atoms with E-state index in [0.29, 0.717) is 31.5 Å². The van der Waals surface area contributed by atoms with Crippen LogP contribution in [-0.2, 0) is 0 Å². The number of aryl methyl sites for hydroxylation is 2. The second kappa shape index (κ2) is 5.71. The SMILES string of the molecule is Cc1ccc(C(=O)N2CCC(C)(/C(N)=N/O)CC2)c(C)n1. The van der Waals surface area contributed by atoms with Crippen molar-refractivity contribution in [2.24, 2.45) is 16.3 Å². The summed E-state index contributed by atoms with van der Waals surface area (Å²) in [6.07, 6.45) is 1.37. The Kier molecular flexibility index (Phi) is 4.16. The number of amidine groups is 1. The van der Waals surface area contributed by atoms with E-state index in [2.05, 4.69) is 10.1 Å². The number of piperidine rings is 1. The van der Waals surface area contributed by atoms with Gasteiger partial charge in [0.05, 0.1) is 11.3 Å². The third-order valence-corrected chi connectivity index (χ3v) is 4.34. The second-order valence-corrected chi connectivity index (χ2v) is 5.92. The van der Waals surface area contributed by atoms with Crippen LogP contribution in [0.1, 0.15) is 41.5 Å². The van der Waals surface area contributed by atoms with Crippen molar-refractivity contribution in [2.75, 3.05) is 13.1 Å². The molecule has 1 aliphatic heterocycles. The lowest BCUT2D eigenvalue weighted by atomic mass is 9.79. The summed E-state index contributed by atoms with van der Waals surface area (Å²) in [5.74, 6) is 0.240. The van der Waals surface area contributed by atoms with Crippen molar-refractivity contribution in [2.45, 2.75) is 33.6 Å². The topological polar surface area (TPSA) is 91.8 Å². The first-order chi connectivity index (χ1) is 9.87. The lowest BCUT2D eigenvalue weighted by molar-refractivity contribution is 0.0665. The number of amides is 1. The van der Waals surface area contributed by atoms with Crippen LogP contribution in [0.5, 0.6) is 0 Å². The number of aromatic nitrogens is 1. The van der Waals surface area contributed by atoms with Gasteiger partial charge in [-0.2, -0.15) is 0 Å². The maximum Gasteiger partial charge on any atom is 0.255 e. The number of carbonyl (C=O) groups excluding carboxylic acids is 1. The van der Waals surface area contributed by atoms with Crippen molar-refractivity contribution in [3.63, 3.8) is 0 Å². The Labute approximate surface area is 124 Å². The van der Waals surface area contributed by atoms with E-state index in [0.717, 1.165) is 11.4 Å². The normalized spacial score (nSPS) is 18.6. The second-order valence-electron chi connectivity index (χ2n) is 5.92. The number of hydrogen-bond acceptors (Lipinski definition) is 4. The number of nitrogens with zero attached hydrogens (tertiary/aromatic N) is 3. The molecule has 1 aromatic heterocycles. The van der Waals surface area contributed by atoms with Crippen molar-refractivity contribution in [3.05, 3.63) is 29.1 Å². The molecular formula is C15H22N4O2. The predicted octanol–water partition coefficient (Wildman–Crippen LogP) is 1.69. The molecule has 0 unspecified atom stereocenters. The third-order valence-electron chi connectivity index (χ3n) is 4.34. The molecule has 1 fully saturated rings. The van der Waals surface area contributed by atoms with Gasteiger partial charge in [-0.3, -0.25) is 9.78 Å². The first-order valence-electron chi connectivity index (χ1n) is 7.09. The molecule has 0 bridgehead atoms. The number of rotatable bonds is 2. The summed E-state index contributed by atoms with van der Waals surface area (Å²) in [5, 5.41) is 12.0. The Morgan fingerprint density at radius 1 is 1.38 bits per heavy atom. The molecule has 6 heteroatoms. The zero-order valence-electron chi connectivity index (χ0n) is 12.8. The number of hydrogen-bond donors (Lipinski definition) is 2. The number of nitrogens with two attached hydrogens (primary N) is 1. The van der Waals surface area contributed by atoms with Crippen LogP contribution in [0.4, 0.5) is 0 Å². The number of oxime groups is 1. The van der Waals surface area contributed by atoms with Crippen LogP contribution in [-0.4, -0.2) is 39.9 Å². The Morgan fingerprint density at radius 2 is 2.00 bits per heavy atom. The zero-order valence-corrected chi connectivity index (χ0v) is 12.8. The molecular weight excluding hydrogens is 268 g/mol. The van der Waals surface area contributed by atoms with Crippen LogP contribution >= 0.6 is 0 Å². The minimum Gasteiger partial charge on any atom is -0.409 e. The summed E-state index contributed by atoms with van der Waals surface area (Å²) in [5.41, 5.74) is 7.71. The van der Waals surface area contributed by atoms with E-state index in [1.807, 2.05) is 37.8 Å². The van der Waals surface area contributed by atoms with E-state index in [-0.39, 0.29) is 17.2 Å². The van der Waals surface area contributed by atoms with Crippen molar-refractivity contribution >= 4 is 11.7 Å². The maximum absolute atomic E-state index is 12.6. The van der Waals surface area contributed by atoms with Crippen molar-refractivity contribution in [1.82, 2.24) is 9.88 Å². The van der Waals surface area contributed by atoms with E-state index in [1.54, 1.807) is 0 Å². The van der Waals surface area contributed by atoms with Gasteiger partial charge in [-0.15, -0.1) is 0 Å². The van der Waals surface area contributed by atoms with Gasteiger partial charge in [0.2, 0.25) is 0 Å². The van der Waals surface area contributed by atoms with Crippen LogP contribution in [0.15, 0.2) is 17.3 Å². The van der Waals surface area contributed by atoms with Crippen LogP contribution in [0.3, 0.4) is 0 Å². The minimum atomic E-state index is -0.341. The highest BCUT2D eigenvalue weighted by atomic mass is 16.4. The fourth-order valence-corrected chi connectivity index (χ4v) is 2.66. The Hall–Kier alpha value is -2.11. The molecule has 0 radical (unpaired) electrons. The minimum absolute atomic E-state index is 0.00144. The van der Waals surface area contributed by atoms with Crippen LogP contribution in [0, 0.1) is 19.3 Å². The molecule has 21 heavy (non-hydrogen) atoms. The molecule has 2 heterocycles. The fourth-order valence-electron chi connectivity index (χ4n) is 2.66. The fraction of sp³-hybridized carbons (Fsp3) is 0.533. The van der Waals surface area contributed by atoms with E-state index >= 15 is 0 Å². The Morgan fingerprint density at radius 3 is 2.52 bits per heavy atom. The Balaban J connectivity index is 2.10. The highest BCUT2D eigenvalue weighted by molar-refractivity contribution is 5.95. The van der Waals surface area contributed by atoms with Crippen molar-refractivity contribution < 1.29 is 10.0 Å². The molecule has 0 aliphatic carbocycles. The summed E-state index contributed by atoms with van der Waals surface area (Å²) in [6.45, 7) is 6.91. The van der Waals surface area contributed by atoms with Crippen molar-refractivity contribution in [1.29, 1.82) is 0 Å². The van der Waals surface area contributed by atoms with Gasteiger partial charge in [-0.25, -0.2) is 0 Å². The molecule has 2 rings (SSSR count). The quantitative estimate of drug-likeness (QED) is 0.375. The molecule has 3 N–H and O–H groups in total. The molecule has 0 atom stereocenters. The summed E-state index contributed by atoms with van der Waals surface area (Å²) < 4.78 is 0. The van der Waals surface area contributed by atoms with Gasteiger partial charge in [-0.1, -0.05) is 12.1 Å². The van der Waals surface area contributed by atoms with Gasteiger partial charge in [0, 0.05) is 24.2 Å². The number of pyridine rings is 1. The third kappa shape index (κ3) is 2.99. The average Bonchev–Trinajstić information content (AvgIpc) is 2.46. The molecule has 0 saturated carbocycles. The van der Waals surface area contributed by atoms with E-state index in [4.69, 9.17) is 10.9 Å². The molecule has 1 aromatic rings. The van der Waals surface area contributed by atoms with Crippen molar-refractivity contribution in [3.8, 4) is 0 Å². The summed E-state index contributed by atoms with van der Waals surface area (Å²) in [4.78, 5) is 18.7. The first kappa shape index (κ1) is 15.3. The summed E-state index contributed by atoms with van der Waals surface area (Å²) in [7, 11) is 0. The average molecular weight is 290 g/mol. The van der Waals surface area contributed by atoms with Gasteiger partial charge in [0.1, 0.15) is 5.84 Å². The van der Waals surface area contributed by atoms with Gasteiger partial charge in [0.15, 0.2) is 0 Å². The molecule has 1 amide bonds. The first-order valence-corrected chi connectivity index (χ1v) is 7.09. The van der Waals surface area contributed by atoms with Crippen LogP contribution in [0.2, 0.25) is 0 Å². The summed E-state index contributed by atoms with van der Waals surface area (Å²) >= 11 is 0. The highest BCUT2D eigenvalue weighted by Crippen LogP contribution is 2.31. The highest BCUT2D eigenvalue weighted by Gasteiger charge is 2.36. The zero-order chi connectivity index (χ0) is 15.6.